The van der Waals surface area contributed by atoms with E-state index in [9.17, 15) is 5.11 Å². The van der Waals surface area contributed by atoms with Gasteiger partial charge in [-0.3, -0.25) is 4.99 Å². The molecule has 156 valence electrons. The highest BCUT2D eigenvalue weighted by atomic mass is 16.5. The van der Waals surface area contributed by atoms with Crippen LogP contribution in [0, 0.1) is 0 Å². The van der Waals surface area contributed by atoms with E-state index >= 15 is 0 Å². The molecule has 0 aliphatic carbocycles. The van der Waals surface area contributed by atoms with Crippen LogP contribution in [0.2, 0.25) is 0 Å². The quantitative estimate of drug-likeness (QED) is 0.854. The topological polar surface area (TPSA) is 59.2 Å². The highest BCUT2D eigenvalue weighted by Crippen LogP contribution is 2.41. The minimum Gasteiger partial charge on any atom is -0.494 e. The lowest BCUT2D eigenvalue weighted by Gasteiger charge is -2.29. The van der Waals surface area contributed by atoms with Gasteiger partial charge in [0, 0.05) is 42.4 Å². The van der Waals surface area contributed by atoms with Crippen molar-refractivity contribution in [3.05, 3.63) is 23.8 Å². The van der Waals surface area contributed by atoms with E-state index in [1.54, 1.807) is 0 Å². The number of hydrogen-bond acceptors (Lipinski definition) is 5. The Labute approximate surface area is 172 Å². The molecule has 2 atom stereocenters. The summed E-state index contributed by atoms with van der Waals surface area (Å²) in [4.78, 5) is 7.23. The Morgan fingerprint density at radius 3 is 2.45 bits per heavy atom. The summed E-state index contributed by atoms with van der Waals surface area (Å²) in [7, 11) is 0. The molecule has 0 amide bonds. The Bertz CT molecular complexity index is 919. The van der Waals surface area contributed by atoms with E-state index in [4.69, 9.17) is 14.5 Å². The maximum atomic E-state index is 11.3. The lowest BCUT2D eigenvalue weighted by molar-refractivity contribution is 0.0688. The Hall–Kier alpha value is -2.05. The summed E-state index contributed by atoms with van der Waals surface area (Å²) in [6, 6.07) is 7.99. The molecule has 3 aliphatic heterocycles. The van der Waals surface area contributed by atoms with Crippen molar-refractivity contribution < 1.29 is 14.6 Å². The second kappa shape index (κ2) is 7.65. The summed E-state index contributed by atoms with van der Waals surface area (Å²) in [5, 5.41) is 12.4. The molecule has 2 aromatic rings. The third-order valence-electron chi connectivity index (χ3n) is 6.83. The second-order valence-corrected chi connectivity index (χ2v) is 8.68. The van der Waals surface area contributed by atoms with Crippen LogP contribution < -0.4 is 4.90 Å². The van der Waals surface area contributed by atoms with Gasteiger partial charge in [0.05, 0.1) is 36.6 Å². The molecule has 0 bridgehead atoms. The fraction of sp³-hybridized carbons (Fsp3) is 0.609. The first kappa shape index (κ1) is 18.9. The minimum absolute atomic E-state index is 0.251. The van der Waals surface area contributed by atoms with Crippen molar-refractivity contribution in [2.75, 3.05) is 37.9 Å². The van der Waals surface area contributed by atoms with E-state index < -0.39 is 0 Å². The number of fused-ring (bicyclic) bond motifs is 1. The van der Waals surface area contributed by atoms with Crippen LogP contribution in [0.3, 0.4) is 0 Å². The normalized spacial score (nSPS) is 26.3. The van der Waals surface area contributed by atoms with Crippen LogP contribution in [0.1, 0.15) is 51.1 Å². The van der Waals surface area contributed by atoms with Crippen LogP contribution in [-0.2, 0) is 9.47 Å². The van der Waals surface area contributed by atoms with Gasteiger partial charge in [0.2, 0.25) is 5.88 Å². The van der Waals surface area contributed by atoms with Crippen LogP contribution in [-0.4, -0.2) is 60.4 Å². The second-order valence-electron chi connectivity index (χ2n) is 8.68. The van der Waals surface area contributed by atoms with Gasteiger partial charge in [-0.05, 0) is 57.7 Å². The molecule has 2 saturated heterocycles. The Kier molecular flexibility index (Phi) is 5.00. The van der Waals surface area contributed by atoms with Gasteiger partial charge in [-0.1, -0.05) is 0 Å². The largest absolute Gasteiger partial charge is 0.494 e. The summed E-state index contributed by atoms with van der Waals surface area (Å²) in [5.74, 6) is 0.329. The molecule has 1 aromatic heterocycles. The molecule has 3 aliphatic rings. The number of aromatic nitrogens is 1. The first-order chi connectivity index (χ1) is 14.1. The Morgan fingerprint density at radius 2 is 1.76 bits per heavy atom. The molecular formula is C23H31N3O3. The van der Waals surface area contributed by atoms with E-state index in [1.165, 1.54) is 18.5 Å². The van der Waals surface area contributed by atoms with Gasteiger partial charge in [-0.25, -0.2) is 0 Å². The molecular weight excluding hydrogens is 366 g/mol. The van der Waals surface area contributed by atoms with Gasteiger partial charge in [0.15, 0.2) is 0 Å². The van der Waals surface area contributed by atoms with Crippen LogP contribution >= 0.6 is 0 Å². The number of aliphatic imine (C=N–C) groups is 1. The van der Waals surface area contributed by atoms with Gasteiger partial charge < -0.3 is 24.0 Å². The van der Waals surface area contributed by atoms with Gasteiger partial charge >= 0.3 is 0 Å². The molecule has 6 heteroatoms. The lowest BCUT2D eigenvalue weighted by atomic mass is 10.1. The molecule has 1 aromatic carbocycles. The third kappa shape index (κ3) is 3.22. The number of aromatic hydroxyl groups is 1. The van der Waals surface area contributed by atoms with Crippen LogP contribution in [0.25, 0.3) is 10.9 Å². The van der Waals surface area contributed by atoms with E-state index in [0.29, 0.717) is 37.7 Å². The van der Waals surface area contributed by atoms with Crippen LogP contribution in [0.15, 0.2) is 23.2 Å². The van der Waals surface area contributed by atoms with Crippen molar-refractivity contribution in [2.45, 2.75) is 57.7 Å². The number of anilines is 1. The van der Waals surface area contributed by atoms with Crippen molar-refractivity contribution in [2.24, 2.45) is 4.99 Å². The SMILES string of the molecule is CC1CCC(C)N1c1ccc2c(c1)c(C1=NCCOC1)c(O)n2C1CCOCC1. The zero-order valence-electron chi connectivity index (χ0n) is 17.4. The van der Waals surface area contributed by atoms with Gasteiger partial charge in [-0.2, -0.15) is 0 Å². The van der Waals surface area contributed by atoms with Crippen LogP contribution in [0.5, 0.6) is 5.88 Å². The van der Waals surface area contributed by atoms with E-state index in [2.05, 4.69) is 41.5 Å². The van der Waals surface area contributed by atoms with E-state index in [1.807, 2.05) is 0 Å². The average molecular weight is 398 g/mol. The summed E-state index contributed by atoms with van der Waals surface area (Å²) in [6.07, 6.45) is 4.28. The van der Waals surface area contributed by atoms with Gasteiger partial charge in [-0.15, -0.1) is 0 Å². The standard InChI is InChI=1S/C23H31N3O3/c1-15-3-4-16(2)25(15)18-5-6-21-19(13-18)22(20-14-29-12-9-24-20)23(27)26(21)17-7-10-28-11-8-17/h5-6,13,15-17,27H,3-4,7-12,14H2,1-2H3. The summed E-state index contributed by atoms with van der Waals surface area (Å²) in [5.41, 5.74) is 4.04. The number of benzene rings is 1. The molecule has 0 spiro atoms. The average Bonchev–Trinajstić information content (AvgIpc) is 3.24. The molecule has 4 heterocycles. The number of ether oxygens (including phenoxy) is 2. The molecule has 0 radical (unpaired) electrons. The first-order valence-corrected chi connectivity index (χ1v) is 11.0. The highest BCUT2D eigenvalue weighted by molar-refractivity contribution is 6.14. The summed E-state index contributed by atoms with van der Waals surface area (Å²) < 4.78 is 13.4. The molecule has 0 saturated carbocycles. The molecule has 1 N–H and O–H groups in total. The van der Waals surface area contributed by atoms with Crippen LogP contribution in [0.4, 0.5) is 5.69 Å². The lowest BCUT2D eigenvalue weighted by Crippen LogP contribution is -2.32. The molecule has 6 nitrogen and oxygen atoms in total. The number of rotatable bonds is 3. The summed E-state index contributed by atoms with van der Waals surface area (Å²) >= 11 is 0. The van der Waals surface area contributed by atoms with E-state index in [-0.39, 0.29) is 6.04 Å². The van der Waals surface area contributed by atoms with Crippen molar-refractivity contribution in [3.63, 3.8) is 0 Å². The number of hydrogen-bond donors (Lipinski definition) is 1. The Morgan fingerprint density at radius 1 is 1.00 bits per heavy atom. The minimum atomic E-state index is 0.251. The zero-order chi connectivity index (χ0) is 20.0. The maximum absolute atomic E-state index is 11.3. The maximum Gasteiger partial charge on any atom is 0.201 e. The summed E-state index contributed by atoms with van der Waals surface area (Å²) in [6.45, 7) is 7.85. The Balaban J connectivity index is 1.68. The van der Waals surface area contributed by atoms with Crippen molar-refractivity contribution in [1.29, 1.82) is 0 Å². The van der Waals surface area contributed by atoms with Crippen molar-refractivity contribution >= 4 is 22.3 Å². The number of nitrogens with zero attached hydrogens (tertiary/aromatic N) is 3. The molecule has 2 unspecified atom stereocenters. The van der Waals surface area contributed by atoms with Gasteiger partial charge in [0.1, 0.15) is 0 Å². The van der Waals surface area contributed by atoms with Crippen molar-refractivity contribution in [1.82, 2.24) is 4.57 Å². The smallest absolute Gasteiger partial charge is 0.201 e. The predicted octanol–water partition coefficient (Wildman–Crippen LogP) is 3.89. The monoisotopic (exact) mass is 397 g/mol. The zero-order valence-corrected chi connectivity index (χ0v) is 17.4. The van der Waals surface area contributed by atoms with Gasteiger partial charge in [0.25, 0.3) is 0 Å². The molecule has 29 heavy (non-hydrogen) atoms. The first-order valence-electron chi connectivity index (χ1n) is 11.0. The van der Waals surface area contributed by atoms with E-state index in [0.717, 1.165) is 48.2 Å². The fourth-order valence-electron chi connectivity index (χ4n) is 5.36. The molecule has 2 fully saturated rings. The highest BCUT2D eigenvalue weighted by Gasteiger charge is 2.30. The third-order valence-corrected chi connectivity index (χ3v) is 6.83. The fourth-order valence-corrected chi connectivity index (χ4v) is 5.36. The molecule has 5 rings (SSSR count). The van der Waals surface area contributed by atoms with Crippen molar-refractivity contribution in [3.8, 4) is 5.88 Å². The predicted molar refractivity (Wildman–Crippen MR) is 116 cm³/mol.